The Hall–Kier alpha value is -3.56. The highest BCUT2D eigenvalue weighted by Gasteiger charge is 2.43. The molecule has 4 aromatic rings. The Morgan fingerprint density at radius 2 is 0.886 bits per heavy atom. The number of aromatic nitrogens is 6. The summed E-state index contributed by atoms with van der Waals surface area (Å²) in [6.45, 7) is 7.94. The van der Waals surface area contributed by atoms with Crippen molar-refractivity contribution < 1.29 is 36.6 Å². The molecule has 0 radical (unpaired) electrons. The largest absolute Gasteiger partial charge is 0.416 e. The van der Waals surface area contributed by atoms with Crippen molar-refractivity contribution in [3.05, 3.63) is 71.3 Å². The first kappa shape index (κ1) is 51.3. The molecule has 2 N–H and O–H groups in total. The highest BCUT2D eigenvalue weighted by molar-refractivity contribution is 7.99. The topological polar surface area (TPSA) is 115 Å². The van der Waals surface area contributed by atoms with Gasteiger partial charge in [-0.05, 0) is 151 Å². The molecule has 4 saturated heterocycles. The van der Waals surface area contributed by atoms with E-state index >= 15 is 0 Å². The van der Waals surface area contributed by atoms with Gasteiger partial charge < -0.3 is 38.9 Å². The van der Waals surface area contributed by atoms with Crippen LogP contribution in [0.2, 0.25) is 0 Å². The van der Waals surface area contributed by atoms with E-state index in [1.54, 1.807) is 47.8 Å². The van der Waals surface area contributed by atoms with Crippen LogP contribution in [-0.2, 0) is 26.4 Å². The van der Waals surface area contributed by atoms with Gasteiger partial charge in [0.1, 0.15) is 11.6 Å². The minimum atomic E-state index is -4.29. The maximum Gasteiger partial charge on any atom is 0.416 e. The smallest absolute Gasteiger partial charge is 0.393 e. The van der Waals surface area contributed by atoms with Gasteiger partial charge in [0.2, 0.25) is 0 Å². The molecule has 2 aliphatic carbocycles. The lowest BCUT2D eigenvalue weighted by Gasteiger charge is -2.27. The van der Waals surface area contributed by atoms with Crippen LogP contribution in [-0.4, -0.2) is 138 Å². The minimum absolute atomic E-state index is 0.166. The number of rotatable bonds is 14. The minimum Gasteiger partial charge on any atom is -0.393 e. The van der Waals surface area contributed by atoms with Gasteiger partial charge in [-0.1, -0.05) is 23.5 Å². The number of hydrogen-bond donors (Lipinski definition) is 2. The number of anilines is 2. The second-order valence-corrected chi connectivity index (χ2v) is 22.6. The van der Waals surface area contributed by atoms with Crippen LogP contribution in [0.1, 0.15) is 112 Å². The lowest BCUT2D eigenvalue weighted by molar-refractivity contribution is -0.138. The summed E-state index contributed by atoms with van der Waals surface area (Å²) in [5.74, 6) is 5.97. The van der Waals surface area contributed by atoms with E-state index in [2.05, 4.69) is 49.1 Å². The van der Waals surface area contributed by atoms with Crippen molar-refractivity contribution in [3.63, 3.8) is 0 Å². The second-order valence-electron chi connectivity index (χ2n) is 20.4. The fraction of sp³-hybridized carbons (Fsp3) is 0.680. The zero-order valence-corrected chi connectivity index (χ0v) is 41.9. The Bertz CT molecular complexity index is 2140. The van der Waals surface area contributed by atoms with Gasteiger partial charge in [-0.25, -0.2) is 0 Å². The monoisotopic (exact) mass is 1020 g/mol. The number of nitrogens with zero attached hydrogens (tertiary/aromatic N) is 10. The molecule has 0 bridgehead atoms. The van der Waals surface area contributed by atoms with Crippen molar-refractivity contribution in [2.24, 2.45) is 25.9 Å². The molecular formula is C50H68F6N10O2S2. The van der Waals surface area contributed by atoms with Gasteiger partial charge in [-0.2, -0.15) is 26.3 Å². The van der Waals surface area contributed by atoms with Crippen molar-refractivity contribution in [2.45, 2.75) is 136 Å². The summed E-state index contributed by atoms with van der Waals surface area (Å²) in [6.07, 6.45) is 2.64. The van der Waals surface area contributed by atoms with E-state index in [-0.39, 0.29) is 12.2 Å². The molecule has 384 valence electrons. The van der Waals surface area contributed by atoms with E-state index in [0.29, 0.717) is 35.8 Å². The summed E-state index contributed by atoms with van der Waals surface area (Å²) in [5, 5.41) is 39.1. The maximum atomic E-state index is 12.9. The van der Waals surface area contributed by atoms with E-state index in [1.165, 1.54) is 24.3 Å². The summed E-state index contributed by atoms with van der Waals surface area (Å²) >= 11 is 3.50. The lowest BCUT2D eigenvalue weighted by Crippen LogP contribution is -2.35. The van der Waals surface area contributed by atoms with E-state index < -0.39 is 23.5 Å². The molecule has 4 aliphatic heterocycles. The Labute approximate surface area is 416 Å². The molecule has 0 unspecified atom stereocenters. The van der Waals surface area contributed by atoms with Crippen LogP contribution in [0.4, 0.5) is 37.7 Å². The average molecular weight is 1020 g/mol. The van der Waals surface area contributed by atoms with E-state index in [9.17, 15) is 36.6 Å². The van der Waals surface area contributed by atoms with E-state index in [4.69, 9.17) is 0 Å². The number of likely N-dealkylation sites (tertiary alicyclic amines) is 2. The maximum absolute atomic E-state index is 12.9. The third-order valence-electron chi connectivity index (χ3n) is 15.9. The van der Waals surface area contributed by atoms with Crippen LogP contribution < -0.4 is 9.80 Å². The first-order valence-electron chi connectivity index (χ1n) is 25.3. The van der Waals surface area contributed by atoms with Crippen LogP contribution in [0.15, 0.2) is 58.8 Å². The molecule has 0 spiro atoms. The third-order valence-corrected chi connectivity index (χ3v) is 18.1. The molecule has 12 nitrogen and oxygen atoms in total. The Balaban J connectivity index is 0.000000174. The predicted molar refractivity (Wildman–Crippen MR) is 261 cm³/mol. The Kier molecular flexibility index (Phi) is 16.3. The van der Waals surface area contributed by atoms with Gasteiger partial charge in [0.05, 0.1) is 23.3 Å². The number of thioether (sulfide) groups is 2. The van der Waals surface area contributed by atoms with Gasteiger partial charge >= 0.3 is 12.4 Å². The molecule has 10 rings (SSSR count). The van der Waals surface area contributed by atoms with Gasteiger partial charge in [0.15, 0.2) is 10.3 Å². The zero-order chi connectivity index (χ0) is 49.2. The summed E-state index contributed by atoms with van der Waals surface area (Å²) < 4.78 is 81.6. The highest BCUT2D eigenvalue weighted by atomic mass is 32.2. The van der Waals surface area contributed by atoms with Crippen LogP contribution >= 0.6 is 23.5 Å². The quantitative estimate of drug-likeness (QED) is 0.0714. The zero-order valence-electron chi connectivity index (χ0n) is 40.2. The fourth-order valence-electron chi connectivity index (χ4n) is 12.0. The molecular weight excluding hydrogens is 951 g/mol. The number of halogens is 6. The number of fused-ring (bicyclic) bond motifs is 2. The van der Waals surface area contributed by atoms with Crippen molar-refractivity contribution >= 4 is 34.9 Å². The molecule has 2 aromatic heterocycles. The van der Waals surface area contributed by atoms with Crippen LogP contribution in [0, 0.1) is 11.8 Å². The molecule has 6 heterocycles. The number of benzene rings is 2. The molecule has 0 amide bonds. The van der Waals surface area contributed by atoms with Crippen molar-refractivity contribution in [2.75, 3.05) is 73.7 Å². The lowest BCUT2D eigenvalue weighted by atomic mass is 9.87. The predicted octanol–water partition coefficient (Wildman–Crippen LogP) is 9.09. The third kappa shape index (κ3) is 12.1. The van der Waals surface area contributed by atoms with Crippen molar-refractivity contribution in [3.8, 4) is 0 Å². The highest BCUT2D eigenvalue weighted by Crippen LogP contribution is 2.40. The first-order valence-corrected chi connectivity index (χ1v) is 27.3. The second kappa shape index (κ2) is 22.3. The summed E-state index contributed by atoms with van der Waals surface area (Å²) in [4.78, 5) is 9.60. The number of aliphatic hydroxyl groups excluding tert-OH is 2. The molecule has 70 heavy (non-hydrogen) atoms. The summed E-state index contributed by atoms with van der Waals surface area (Å²) in [6, 6.07) is 12.0. The summed E-state index contributed by atoms with van der Waals surface area (Å²) in [5.41, 5.74) is 0.618. The standard InChI is InChI=1S/2C25H34F3N5OS/c2*1-31-23(17-3-9-21(34)10-4-17)29-30-24(31)35-14-2-12-32-15-18-11-13-33(22(18)16-32)20-7-5-19(6-8-20)25(26,27)28/h2*5-8,17-18,21-22,34H,2-4,9-16H2,1H3/t2*17?,18-,21?,22+/m10/s1. The van der Waals surface area contributed by atoms with E-state index in [0.717, 1.165) is 174 Å². The van der Waals surface area contributed by atoms with Crippen LogP contribution in [0.3, 0.4) is 0 Å². The summed E-state index contributed by atoms with van der Waals surface area (Å²) in [7, 11) is 4.08. The SMILES string of the molecule is Cn1c(SCCCN2C[C@@H]3CCN(c4ccc(C(F)(F)F)cc4)[C@@H]3C2)nnc1C1CCC(O)CC1.Cn1c(SCCCN2C[C@H]3CCN(c4ccc(C(F)(F)F)cc4)[C@H]3C2)nnc1C1CCC(O)CC1. The first-order chi connectivity index (χ1) is 33.6. The van der Waals surface area contributed by atoms with Crippen LogP contribution in [0.5, 0.6) is 0 Å². The molecule has 2 aromatic carbocycles. The molecule has 6 fully saturated rings. The number of aliphatic hydroxyl groups is 2. The molecule has 6 aliphatic rings. The Morgan fingerprint density at radius 3 is 1.24 bits per heavy atom. The normalized spacial score (nSPS) is 27.5. The van der Waals surface area contributed by atoms with Gasteiger partial charge in [-0.3, -0.25) is 0 Å². The van der Waals surface area contributed by atoms with Gasteiger partial charge in [0, 0.05) is 100 Å². The molecule has 2 saturated carbocycles. The number of alkyl halides is 6. The molecule has 4 atom stereocenters. The Morgan fingerprint density at radius 1 is 0.514 bits per heavy atom. The van der Waals surface area contributed by atoms with Crippen molar-refractivity contribution in [1.29, 1.82) is 0 Å². The van der Waals surface area contributed by atoms with E-state index in [1.807, 2.05) is 14.1 Å². The molecule has 20 heteroatoms. The van der Waals surface area contributed by atoms with Gasteiger partial charge in [-0.15, -0.1) is 20.4 Å². The number of hydrogen-bond acceptors (Lipinski definition) is 12. The fourth-order valence-corrected chi connectivity index (χ4v) is 13.7. The van der Waals surface area contributed by atoms with Crippen LogP contribution in [0.25, 0.3) is 0 Å². The van der Waals surface area contributed by atoms with Crippen molar-refractivity contribution in [1.82, 2.24) is 39.3 Å². The van der Waals surface area contributed by atoms with Gasteiger partial charge in [0.25, 0.3) is 0 Å². The average Bonchev–Trinajstić information content (AvgIpc) is 4.21.